The number of aromatic hydroxyl groups is 2. The molecule has 109 heavy (non-hydrogen) atoms. The summed E-state index contributed by atoms with van der Waals surface area (Å²) in [4.78, 5) is 101. The van der Waals surface area contributed by atoms with Crippen LogP contribution in [-0.2, 0) is 54.5 Å². The maximum Gasteiger partial charge on any atom is 0.341 e. The fourth-order valence-electron chi connectivity index (χ4n) is 12.6. The van der Waals surface area contributed by atoms with Gasteiger partial charge in [0.2, 0.25) is 0 Å². The number of aliphatic hydroxyl groups is 2. The number of aliphatic hydroxyl groups excluding tert-OH is 2. The molecule has 6 aromatic carbocycles. The van der Waals surface area contributed by atoms with Gasteiger partial charge in [-0.2, -0.15) is 0 Å². The predicted molar refractivity (Wildman–Crippen MR) is 409 cm³/mol. The van der Waals surface area contributed by atoms with Gasteiger partial charge in [-0.05, 0) is 205 Å². The van der Waals surface area contributed by atoms with Gasteiger partial charge < -0.3 is 69.2 Å². The zero-order chi connectivity index (χ0) is 79.6. The number of ether oxygens (including phenoxy) is 8. The number of methoxy groups -OCH3 is 4. The van der Waals surface area contributed by atoms with E-state index in [1.54, 1.807) is 58.0 Å². The first-order valence-corrected chi connectivity index (χ1v) is 37.3. The van der Waals surface area contributed by atoms with E-state index >= 15 is 0 Å². The fourth-order valence-corrected chi connectivity index (χ4v) is 13.2. The lowest BCUT2D eigenvalue weighted by Gasteiger charge is -2.56. The highest BCUT2D eigenvalue weighted by Crippen LogP contribution is 2.36. The molecule has 0 aromatic heterocycles. The molecule has 590 valence electrons. The van der Waals surface area contributed by atoms with Crippen LogP contribution in [0, 0.1) is 34.6 Å². The van der Waals surface area contributed by atoms with E-state index in [0.717, 1.165) is 84.0 Å². The lowest BCUT2D eigenvalue weighted by Crippen LogP contribution is -2.71. The van der Waals surface area contributed by atoms with Crippen molar-refractivity contribution in [3.63, 3.8) is 0 Å². The molecular formula is C82H104BrN5O21. The number of aldehydes is 2. The summed E-state index contributed by atoms with van der Waals surface area (Å²) in [5, 5.41) is 46.3. The number of phenolic OH excluding ortho intramolecular Hbond substituents is 2. The second kappa shape index (κ2) is 42.0. The van der Waals surface area contributed by atoms with E-state index in [1.165, 1.54) is 124 Å². The van der Waals surface area contributed by atoms with Crippen LogP contribution < -0.4 is 19.9 Å². The second-order valence-corrected chi connectivity index (χ2v) is 29.2. The molecule has 4 heterocycles. The van der Waals surface area contributed by atoms with E-state index in [1.807, 2.05) is 44.2 Å². The number of aromatic carboxylic acids is 1. The molecule has 0 spiro atoms. The number of esters is 5. The zero-order valence-corrected chi connectivity index (χ0v) is 65.5. The van der Waals surface area contributed by atoms with Crippen LogP contribution in [0.25, 0.3) is 0 Å². The summed E-state index contributed by atoms with van der Waals surface area (Å²) in [5.74, 6) is -1.98. The number of nitrogens with two attached hydrogens (primary N) is 1. The van der Waals surface area contributed by atoms with Crippen molar-refractivity contribution in [3.05, 3.63) is 180 Å². The number of hydrogen-bond acceptors (Lipinski definition) is 25. The van der Waals surface area contributed by atoms with E-state index in [2.05, 4.69) is 45.0 Å². The molecule has 0 unspecified atom stereocenters. The number of carbonyl (C=O) groups is 8. The van der Waals surface area contributed by atoms with E-state index in [-0.39, 0.29) is 65.7 Å². The number of fused-ring (bicyclic) bond motifs is 1. The Balaban J connectivity index is 0.000000176. The number of hydrogen-bond donors (Lipinski definition) is 6. The Hall–Kier alpha value is -9.32. The number of nitrogens with zero attached hydrogens (tertiary/aromatic N) is 4. The SMILES string of the molecule is BrC1CCC1.C1N2CN3CN1CN(C2)C3.CCOC(=O)C1(N)Cc2ccccc2C1.COC(=O)c1cc(C=O)cc(C)c1O.COC(=O)c1cc(C=O)cc(C)c1OC1CCC1.COC(=O)c1cc(CO)cc(C)c1OC1CCC1.COC(=O)c1cccc(C)c1O.Cc1cc(CO)cc(C(=O)O)c1OC1CCC1. The number of phenols is 2. The van der Waals surface area contributed by atoms with Gasteiger partial charge in [0, 0.05) is 28.8 Å². The zero-order valence-electron chi connectivity index (χ0n) is 63.9. The molecule has 7 N–H and O–H groups in total. The first kappa shape index (κ1) is 86.9. The summed E-state index contributed by atoms with van der Waals surface area (Å²) in [5.41, 5.74) is 14.2. The highest BCUT2D eigenvalue weighted by molar-refractivity contribution is 9.09. The molecule has 4 bridgehead atoms. The lowest BCUT2D eigenvalue weighted by atomic mass is 9.95. The number of aryl methyl sites for hydroxylation is 5. The first-order valence-electron chi connectivity index (χ1n) is 36.4. The average molecular weight is 1580 g/mol. The second-order valence-electron chi connectivity index (χ2n) is 27.9. The van der Waals surface area contributed by atoms with Crippen molar-refractivity contribution in [2.45, 2.75) is 173 Å². The Morgan fingerprint density at radius 2 is 0.826 bits per heavy atom. The molecule has 9 aliphatic rings. The molecule has 0 atom stereocenters. The van der Waals surface area contributed by atoms with E-state index < -0.39 is 35.4 Å². The van der Waals surface area contributed by atoms with Gasteiger partial charge >= 0.3 is 35.8 Å². The van der Waals surface area contributed by atoms with Gasteiger partial charge in [0.05, 0.1) is 107 Å². The number of para-hydroxylation sites is 1. The van der Waals surface area contributed by atoms with E-state index in [4.69, 9.17) is 44.4 Å². The van der Waals surface area contributed by atoms with Crippen LogP contribution in [0.5, 0.6) is 28.7 Å². The Morgan fingerprint density at radius 3 is 1.18 bits per heavy atom. The van der Waals surface area contributed by atoms with Crippen LogP contribution in [0.1, 0.15) is 207 Å². The van der Waals surface area contributed by atoms with Gasteiger partial charge in [-0.25, -0.2) is 24.0 Å². The topological polar surface area (TPSA) is 351 Å². The van der Waals surface area contributed by atoms with Crippen molar-refractivity contribution in [2.24, 2.45) is 5.73 Å². The molecule has 5 aliphatic carbocycles. The summed E-state index contributed by atoms with van der Waals surface area (Å²) in [6, 6.07) is 25.6. The molecule has 27 heteroatoms. The predicted octanol–water partition coefficient (Wildman–Crippen LogP) is 11.6. The van der Waals surface area contributed by atoms with Gasteiger partial charge in [0.25, 0.3) is 0 Å². The number of halogens is 1. The number of alkyl halides is 1. The van der Waals surface area contributed by atoms with Crippen LogP contribution in [0.2, 0.25) is 0 Å². The van der Waals surface area contributed by atoms with Gasteiger partial charge in [-0.3, -0.25) is 34.0 Å². The van der Waals surface area contributed by atoms with E-state index in [9.17, 15) is 53.7 Å². The number of carboxylic acid groups (broad SMARTS) is 1. The lowest BCUT2D eigenvalue weighted by molar-refractivity contribution is -0.194. The van der Waals surface area contributed by atoms with Crippen molar-refractivity contribution in [1.82, 2.24) is 19.6 Å². The van der Waals surface area contributed by atoms with E-state index in [0.29, 0.717) is 93.8 Å². The highest BCUT2D eigenvalue weighted by Gasteiger charge is 2.42. The van der Waals surface area contributed by atoms with Crippen molar-refractivity contribution < 1.29 is 102 Å². The molecular weight excluding hydrogens is 1470 g/mol. The summed E-state index contributed by atoms with van der Waals surface area (Å²) < 4.78 is 40.8. The average Bonchev–Trinajstić information content (AvgIpc) is 1.78. The van der Waals surface area contributed by atoms with Crippen LogP contribution in [0.3, 0.4) is 0 Å². The molecule has 0 amide bonds. The van der Waals surface area contributed by atoms with Crippen LogP contribution >= 0.6 is 15.9 Å². The Bertz CT molecular complexity index is 4050. The third kappa shape index (κ3) is 24.3. The quantitative estimate of drug-likeness (QED) is 0.0214. The van der Waals surface area contributed by atoms with Gasteiger partial charge in [-0.1, -0.05) is 70.9 Å². The number of benzene rings is 6. The van der Waals surface area contributed by atoms with Crippen LogP contribution in [0.15, 0.2) is 91.0 Å². The Morgan fingerprint density at radius 1 is 0.477 bits per heavy atom. The van der Waals surface area contributed by atoms with Crippen molar-refractivity contribution in [2.75, 3.05) is 75.1 Å². The maximum absolute atomic E-state index is 11.8. The highest BCUT2D eigenvalue weighted by atomic mass is 79.9. The monoisotopic (exact) mass is 1570 g/mol. The third-order valence-electron chi connectivity index (χ3n) is 19.3. The first-order chi connectivity index (χ1) is 52.1. The van der Waals surface area contributed by atoms with Crippen LogP contribution in [0.4, 0.5) is 0 Å². The molecule has 4 saturated carbocycles. The molecule has 4 saturated heterocycles. The molecule has 4 aliphatic heterocycles. The Labute approximate surface area is 645 Å². The van der Waals surface area contributed by atoms with Crippen molar-refractivity contribution in [1.29, 1.82) is 0 Å². The van der Waals surface area contributed by atoms with Gasteiger partial charge in [-0.15, -0.1) is 0 Å². The normalized spacial score (nSPS) is 18.4. The molecule has 26 nitrogen and oxygen atoms in total. The van der Waals surface area contributed by atoms with Crippen molar-refractivity contribution in [3.8, 4) is 28.7 Å². The summed E-state index contributed by atoms with van der Waals surface area (Å²) in [6.07, 6.45) is 16.8. The fraction of sp³-hybridized carbons (Fsp3) is 0.463. The number of carbonyl (C=O) groups excluding carboxylic acids is 7. The molecule has 6 aromatic rings. The largest absolute Gasteiger partial charge is 0.507 e. The standard InChI is InChI=1S/C14H18O4.C14H16O4.C13H16O4.C12H15NO2.C10H10O4.C9H10O3.C6H12N4.C4H7Br/c2*1-9-6-10(8-15)7-12(14(16)17-2)13(9)18-11-4-3-5-11;1-8-5-9(7-14)6-11(13(15)16)12(8)17-10-3-2-4-10;1-2-15-11(14)12(13)7-9-5-3-4-6-10(9)8-12;1-6-3-7(5-11)4-8(9(6)12)10(13)14-2;1-6-4-3-5-7(8(6)10)9(11)12-2;1-7-2-9-4-8(1)5-10(3-7)6-9;5-4-2-1-3-4/h6-7,11,15H,3-5,8H2,1-2H3;6-8,11H,3-5H2,1-2H3;5-6,10,14H,2-4,7H2,1H3,(H,15,16);3-6H,2,7-8,13H2,1H3;3-5,12H,1-2H3;3-5,10H,1-2H3;1-6H2;4H,1-3H2. The smallest absolute Gasteiger partial charge is 0.341 e. The van der Waals surface area contributed by atoms with Crippen LogP contribution in [-0.4, -0.2) is 197 Å². The Kier molecular flexibility index (Phi) is 33.5. The molecule has 0 radical (unpaired) electrons. The summed E-state index contributed by atoms with van der Waals surface area (Å²) in [6.45, 7) is 17.9. The summed E-state index contributed by atoms with van der Waals surface area (Å²) in [7, 11) is 5.16. The third-order valence-corrected chi connectivity index (χ3v) is 20.2. The van der Waals surface area contributed by atoms with Gasteiger partial charge in [0.15, 0.2) is 0 Å². The maximum atomic E-state index is 11.8. The van der Waals surface area contributed by atoms with Crippen molar-refractivity contribution >= 4 is 64.3 Å². The van der Waals surface area contributed by atoms with Gasteiger partial charge in [0.1, 0.15) is 74.7 Å². The number of rotatable bonds is 17. The molecule has 15 rings (SSSR count). The summed E-state index contributed by atoms with van der Waals surface area (Å²) >= 11 is 3.46. The molecule has 8 fully saturated rings. The minimum Gasteiger partial charge on any atom is -0.507 e. The minimum atomic E-state index is -1.02. The number of carboxylic acids is 1. The minimum absolute atomic E-state index is 0.00889.